The lowest BCUT2D eigenvalue weighted by molar-refractivity contribution is -0.613. The number of carboxylic acid groups (broad SMARTS) is 2. The third-order valence-corrected chi connectivity index (χ3v) is 5.97. The van der Waals surface area contributed by atoms with Gasteiger partial charge in [0.15, 0.2) is 6.04 Å². The molecule has 1 saturated heterocycles. The van der Waals surface area contributed by atoms with Gasteiger partial charge in [0.05, 0.1) is 25.4 Å². The van der Waals surface area contributed by atoms with E-state index in [4.69, 9.17) is 9.84 Å². The van der Waals surface area contributed by atoms with Gasteiger partial charge < -0.3 is 25.1 Å². The van der Waals surface area contributed by atoms with Crippen molar-refractivity contribution in [1.82, 2.24) is 20.1 Å². The molecule has 1 aliphatic heterocycles. The van der Waals surface area contributed by atoms with E-state index in [9.17, 15) is 34.3 Å². The molecule has 14 heteroatoms. The summed E-state index contributed by atoms with van der Waals surface area (Å²) in [5.74, 6) is -3.65. The van der Waals surface area contributed by atoms with Crippen LogP contribution in [-0.2, 0) is 25.5 Å². The number of carbonyl (C=O) groups is 5. The van der Waals surface area contributed by atoms with Gasteiger partial charge in [0.1, 0.15) is 6.04 Å². The van der Waals surface area contributed by atoms with Crippen LogP contribution in [0.15, 0.2) is 42.7 Å². The average Bonchev–Trinajstić information content (AvgIpc) is 3.22. The second kappa shape index (κ2) is 14.5. The quantitative estimate of drug-likeness (QED) is 0.210. The van der Waals surface area contributed by atoms with Crippen LogP contribution < -0.4 is 10.0 Å². The number of carboxylic acids is 2. The highest BCUT2D eigenvalue weighted by Gasteiger charge is 2.45. The fourth-order valence-corrected chi connectivity index (χ4v) is 3.80. The van der Waals surface area contributed by atoms with Crippen LogP contribution in [0.5, 0.6) is 0 Å². The smallest absolute Gasteiger partial charge is 0.360 e. The summed E-state index contributed by atoms with van der Waals surface area (Å²) in [5, 5.41) is 31.4. The number of hydrogen-bond acceptors (Lipinski definition) is 9. The van der Waals surface area contributed by atoms with Gasteiger partial charge in [-0.05, 0) is 32.3 Å². The number of esters is 1. The van der Waals surface area contributed by atoms with Gasteiger partial charge in [-0.3, -0.25) is 14.9 Å². The van der Waals surface area contributed by atoms with Crippen LogP contribution in [0.25, 0.3) is 0 Å². The van der Waals surface area contributed by atoms with Crippen LogP contribution >= 0.6 is 0 Å². The third-order valence-electron chi connectivity index (χ3n) is 5.97. The first-order chi connectivity index (χ1) is 18.9. The fraction of sp³-hybridized carbons (Fsp3) is 0.423. The van der Waals surface area contributed by atoms with E-state index in [-0.39, 0.29) is 18.8 Å². The molecule has 3 atom stereocenters. The molecule has 3 amide bonds. The number of urea groups is 1. The van der Waals surface area contributed by atoms with Gasteiger partial charge in [-0.25, -0.2) is 24.3 Å². The molecular formula is C26H33N5O9. The average molecular weight is 560 g/mol. The summed E-state index contributed by atoms with van der Waals surface area (Å²) in [6.45, 7) is 4.85. The highest BCUT2D eigenvalue weighted by molar-refractivity contribution is 6.02. The lowest BCUT2D eigenvalue weighted by Gasteiger charge is -2.26. The van der Waals surface area contributed by atoms with Crippen molar-refractivity contribution < 1.29 is 43.7 Å². The number of likely N-dealkylation sites (N-methyl/N-ethyl adjacent to an activating group) is 1. The second-order valence-electron chi connectivity index (χ2n) is 8.99. The molecule has 2 heterocycles. The summed E-state index contributed by atoms with van der Waals surface area (Å²) < 4.78 is 5.57. The van der Waals surface area contributed by atoms with Crippen LogP contribution in [-0.4, -0.2) is 93.2 Å². The Morgan fingerprint density at radius 1 is 1.23 bits per heavy atom. The third kappa shape index (κ3) is 8.46. The first kappa shape index (κ1) is 31.6. The van der Waals surface area contributed by atoms with E-state index in [1.165, 1.54) is 25.1 Å². The Bertz CT molecular complexity index is 1220. The summed E-state index contributed by atoms with van der Waals surface area (Å²) in [5.41, 5.74) is 1.16. The highest BCUT2D eigenvalue weighted by atomic mass is 16.5. The van der Waals surface area contributed by atoms with E-state index in [1.54, 1.807) is 13.8 Å². The molecule has 1 aliphatic rings. The zero-order valence-electron chi connectivity index (χ0n) is 22.6. The molecule has 0 unspecified atom stereocenters. The van der Waals surface area contributed by atoms with Crippen LogP contribution in [0.2, 0.25) is 0 Å². The second-order valence-corrected chi connectivity index (χ2v) is 8.99. The van der Waals surface area contributed by atoms with E-state index >= 15 is 0 Å². The molecule has 1 aromatic heterocycles. The molecular weight excluding hydrogens is 526 g/mol. The molecule has 1 aromatic carbocycles. The maximum absolute atomic E-state index is 12.8. The number of nitrogens with zero attached hydrogens (tertiary/aromatic N) is 4. The Morgan fingerprint density at radius 3 is 2.42 bits per heavy atom. The molecule has 0 aliphatic carbocycles. The van der Waals surface area contributed by atoms with Crippen molar-refractivity contribution in [1.29, 1.82) is 0 Å². The Morgan fingerprint density at radius 2 is 1.88 bits per heavy atom. The molecule has 1 fully saturated rings. The van der Waals surface area contributed by atoms with E-state index in [0.29, 0.717) is 23.3 Å². The predicted octanol–water partition coefficient (Wildman–Crippen LogP) is 0.598. The number of amides is 3. The predicted molar refractivity (Wildman–Crippen MR) is 139 cm³/mol. The molecule has 2 aromatic rings. The zero-order chi connectivity index (χ0) is 30.0. The van der Waals surface area contributed by atoms with Crippen molar-refractivity contribution in [2.24, 2.45) is 0 Å². The van der Waals surface area contributed by atoms with Gasteiger partial charge in [0, 0.05) is 14.0 Å². The zero-order valence-corrected chi connectivity index (χ0v) is 22.6. The topological polar surface area (TPSA) is 193 Å². The molecule has 0 saturated carbocycles. The van der Waals surface area contributed by atoms with Crippen molar-refractivity contribution in [2.75, 3.05) is 20.2 Å². The molecule has 3 rings (SSSR count). The number of aliphatic carboxylic acids is 1. The number of aryl methyl sites for hydroxylation is 2. The maximum atomic E-state index is 12.8. The largest absolute Gasteiger partial charge is 0.618 e. The molecule has 0 bridgehead atoms. The van der Waals surface area contributed by atoms with Crippen molar-refractivity contribution in [3.05, 3.63) is 64.9 Å². The van der Waals surface area contributed by atoms with Crippen molar-refractivity contribution >= 4 is 29.8 Å². The van der Waals surface area contributed by atoms with Crippen LogP contribution in [0.4, 0.5) is 4.79 Å². The Balaban J connectivity index is 0.000000425. The summed E-state index contributed by atoms with van der Waals surface area (Å²) in [4.78, 5) is 64.5. The number of nitrogens with one attached hydrogen (secondary N) is 1. The van der Waals surface area contributed by atoms with Crippen LogP contribution in [0, 0.1) is 12.1 Å². The van der Waals surface area contributed by atoms with Crippen molar-refractivity contribution in [3.8, 4) is 0 Å². The fourth-order valence-electron chi connectivity index (χ4n) is 3.80. The highest BCUT2D eigenvalue weighted by Crippen LogP contribution is 2.17. The number of aromatic nitrogens is 2. The Kier molecular flexibility index (Phi) is 11.5. The lowest BCUT2D eigenvalue weighted by Crippen LogP contribution is -2.54. The standard InChI is InChI=1S/C20H27N3O6.C6H6N2O3/c1-4-29-19(27)15(11-10-14-8-6-5-7-9-14)21-13(2)17(24)23-16(18(25)26)12-22(3)20(23)28;1-4-2-7-5(6(9)10)3-8(4)11/h5-9,13,15-16,21H,4,10-12H2,1-3H3,(H,25,26);2-3H,1H3,(H,9,10)/t13-,15-,16-;/m0./s1. The minimum atomic E-state index is -1.26. The number of benzene rings is 1. The van der Waals surface area contributed by atoms with Crippen molar-refractivity contribution in [3.63, 3.8) is 0 Å². The first-order valence-corrected chi connectivity index (χ1v) is 12.4. The number of hydrogen-bond donors (Lipinski definition) is 3. The van der Waals surface area contributed by atoms with Crippen LogP contribution in [0.1, 0.15) is 42.0 Å². The van der Waals surface area contributed by atoms with Gasteiger partial charge in [-0.1, -0.05) is 30.3 Å². The van der Waals surface area contributed by atoms with Crippen LogP contribution in [0.3, 0.4) is 0 Å². The Hall–Kier alpha value is -4.59. The number of rotatable bonds is 10. The van der Waals surface area contributed by atoms with Gasteiger partial charge >= 0.3 is 23.9 Å². The monoisotopic (exact) mass is 559 g/mol. The maximum Gasteiger partial charge on any atom is 0.360 e. The summed E-state index contributed by atoms with van der Waals surface area (Å²) in [6, 6.07) is 5.92. The molecule has 14 nitrogen and oxygen atoms in total. The van der Waals surface area contributed by atoms with E-state index in [0.717, 1.165) is 16.7 Å². The Labute approximate surface area is 230 Å². The lowest BCUT2D eigenvalue weighted by atomic mass is 10.0. The van der Waals surface area contributed by atoms with E-state index in [1.807, 2.05) is 30.3 Å². The van der Waals surface area contributed by atoms with E-state index < -0.39 is 48.0 Å². The van der Waals surface area contributed by atoms with E-state index in [2.05, 4.69) is 10.3 Å². The number of carbonyl (C=O) groups excluding carboxylic acids is 3. The molecule has 0 spiro atoms. The number of ether oxygens (including phenoxy) is 1. The molecule has 0 radical (unpaired) electrons. The minimum absolute atomic E-state index is 0.0814. The summed E-state index contributed by atoms with van der Waals surface area (Å²) >= 11 is 0. The van der Waals surface area contributed by atoms with Gasteiger partial charge in [-0.2, -0.15) is 4.73 Å². The number of aromatic carboxylic acids is 1. The first-order valence-electron chi connectivity index (χ1n) is 12.4. The molecule has 40 heavy (non-hydrogen) atoms. The summed E-state index contributed by atoms with van der Waals surface area (Å²) in [7, 11) is 1.44. The SMILES string of the molecule is CCOC(=O)[C@H](CCc1ccccc1)N[C@@H](C)C(=O)N1C(=O)N(C)C[C@H]1C(=O)O.Cc1cnc(C(=O)O)c[n+]1[O-]. The molecule has 216 valence electrons. The molecule has 3 N–H and O–H groups in total. The number of imide groups is 1. The summed E-state index contributed by atoms with van der Waals surface area (Å²) in [6.07, 6.45) is 3.12. The minimum Gasteiger partial charge on any atom is -0.618 e. The normalized spacial score (nSPS) is 16.0. The van der Waals surface area contributed by atoms with Gasteiger partial charge in [0.2, 0.25) is 23.5 Å². The van der Waals surface area contributed by atoms with Gasteiger partial charge in [-0.15, -0.1) is 0 Å². The van der Waals surface area contributed by atoms with Crippen molar-refractivity contribution in [2.45, 2.75) is 51.7 Å². The van der Waals surface area contributed by atoms with Gasteiger partial charge in [0.25, 0.3) is 0 Å².